The summed E-state index contributed by atoms with van der Waals surface area (Å²) >= 11 is 0. The second-order valence-corrected chi connectivity index (χ2v) is 6.53. The van der Waals surface area contributed by atoms with Crippen molar-refractivity contribution in [3.05, 3.63) is 35.4 Å². The molecule has 0 radical (unpaired) electrons. The van der Waals surface area contributed by atoms with Crippen LogP contribution in [0.2, 0.25) is 0 Å². The van der Waals surface area contributed by atoms with Crippen LogP contribution >= 0.6 is 24.0 Å². The van der Waals surface area contributed by atoms with Crippen LogP contribution in [0.15, 0.2) is 29.3 Å². The normalized spacial score (nSPS) is 25.7. The van der Waals surface area contributed by atoms with Crippen molar-refractivity contribution in [2.24, 2.45) is 16.6 Å². The molecule has 3 rings (SSSR count). The summed E-state index contributed by atoms with van der Waals surface area (Å²) in [5.74, 6) is 1.36. The van der Waals surface area contributed by atoms with Crippen molar-refractivity contribution in [2.75, 3.05) is 19.6 Å². The molecular formula is C17H26IN3O. The minimum atomic E-state index is -0.843. The summed E-state index contributed by atoms with van der Waals surface area (Å²) in [7, 11) is 0. The van der Waals surface area contributed by atoms with Crippen molar-refractivity contribution in [2.45, 2.75) is 38.2 Å². The van der Waals surface area contributed by atoms with Gasteiger partial charge in [-0.1, -0.05) is 31.2 Å². The molecule has 1 saturated heterocycles. The Morgan fingerprint density at radius 2 is 2.05 bits per heavy atom. The molecule has 0 saturated carbocycles. The van der Waals surface area contributed by atoms with E-state index in [4.69, 9.17) is 5.73 Å². The predicted octanol–water partition coefficient (Wildman–Crippen LogP) is 2.49. The van der Waals surface area contributed by atoms with Gasteiger partial charge in [-0.25, -0.2) is 4.99 Å². The lowest BCUT2D eigenvalue weighted by molar-refractivity contribution is 0.0483. The largest absolute Gasteiger partial charge is 0.383 e. The van der Waals surface area contributed by atoms with Gasteiger partial charge in [-0.3, -0.25) is 0 Å². The summed E-state index contributed by atoms with van der Waals surface area (Å²) in [5.41, 5.74) is 7.53. The van der Waals surface area contributed by atoms with Gasteiger partial charge >= 0.3 is 0 Å². The van der Waals surface area contributed by atoms with Crippen molar-refractivity contribution < 1.29 is 5.11 Å². The minimum Gasteiger partial charge on any atom is -0.383 e. The molecule has 0 amide bonds. The second kappa shape index (κ2) is 7.17. The van der Waals surface area contributed by atoms with E-state index >= 15 is 0 Å². The second-order valence-electron chi connectivity index (χ2n) is 6.53. The van der Waals surface area contributed by atoms with Gasteiger partial charge in [0.2, 0.25) is 0 Å². The van der Waals surface area contributed by atoms with Crippen LogP contribution in [-0.4, -0.2) is 35.6 Å². The van der Waals surface area contributed by atoms with Gasteiger partial charge in [-0.05, 0) is 42.7 Å². The van der Waals surface area contributed by atoms with E-state index in [1.165, 1.54) is 18.4 Å². The zero-order valence-corrected chi connectivity index (χ0v) is 15.5. The molecule has 1 unspecified atom stereocenters. The number of piperidine rings is 1. The third-order valence-corrected chi connectivity index (χ3v) is 4.94. The average molecular weight is 415 g/mol. The number of nitrogens with zero attached hydrogens (tertiary/aromatic N) is 2. The van der Waals surface area contributed by atoms with E-state index < -0.39 is 5.60 Å². The molecule has 22 heavy (non-hydrogen) atoms. The molecule has 4 nitrogen and oxygen atoms in total. The van der Waals surface area contributed by atoms with Gasteiger partial charge in [-0.15, -0.1) is 24.0 Å². The molecule has 5 heteroatoms. The first-order valence-corrected chi connectivity index (χ1v) is 7.94. The van der Waals surface area contributed by atoms with E-state index in [9.17, 15) is 5.11 Å². The zero-order valence-electron chi connectivity index (χ0n) is 13.2. The lowest BCUT2D eigenvalue weighted by atomic mass is 9.96. The third-order valence-electron chi connectivity index (χ3n) is 4.94. The molecule has 1 heterocycles. The number of aryl methyl sites for hydroxylation is 1. The number of hydrogen-bond donors (Lipinski definition) is 2. The molecule has 0 spiro atoms. The number of rotatable bonds is 2. The van der Waals surface area contributed by atoms with Crippen LogP contribution in [-0.2, 0) is 12.0 Å². The Morgan fingerprint density at radius 1 is 1.36 bits per heavy atom. The molecule has 122 valence electrons. The first-order chi connectivity index (χ1) is 10.1. The number of hydrogen-bond acceptors (Lipinski definition) is 2. The van der Waals surface area contributed by atoms with Crippen molar-refractivity contribution in [1.29, 1.82) is 0 Å². The van der Waals surface area contributed by atoms with Crippen LogP contribution < -0.4 is 5.73 Å². The highest BCUT2D eigenvalue weighted by molar-refractivity contribution is 14.0. The molecule has 1 aromatic carbocycles. The van der Waals surface area contributed by atoms with Crippen LogP contribution in [0, 0.1) is 5.92 Å². The average Bonchev–Trinajstić information content (AvgIpc) is 2.84. The van der Waals surface area contributed by atoms with Gasteiger partial charge in [0, 0.05) is 13.1 Å². The number of nitrogens with two attached hydrogens (primary N) is 1. The van der Waals surface area contributed by atoms with E-state index in [-0.39, 0.29) is 24.0 Å². The van der Waals surface area contributed by atoms with Gasteiger partial charge in [0.1, 0.15) is 5.60 Å². The molecule has 1 fully saturated rings. The lowest BCUT2D eigenvalue weighted by Crippen LogP contribution is -2.43. The number of aliphatic hydroxyl groups is 1. The molecule has 0 bridgehead atoms. The summed E-state index contributed by atoms with van der Waals surface area (Å²) in [4.78, 5) is 6.64. The van der Waals surface area contributed by atoms with Crippen molar-refractivity contribution in [1.82, 2.24) is 4.90 Å². The first-order valence-electron chi connectivity index (χ1n) is 7.94. The maximum absolute atomic E-state index is 10.9. The van der Waals surface area contributed by atoms with Gasteiger partial charge < -0.3 is 15.7 Å². The monoisotopic (exact) mass is 415 g/mol. The Morgan fingerprint density at radius 3 is 2.77 bits per heavy atom. The van der Waals surface area contributed by atoms with E-state index in [0.717, 1.165) is 37.4 Å². The molecule has 1 aliphatic heterocycles. The van der Waals surface area contributed by atoms with Crippen LogP contribution in [0.1, 0.15) is 37.3 Å². The Balaban J connectivity index is 0.00000176. The van der Waals surface area contributed by atoms with Gasteiger partial charge in [0.15, 0.2) is 5.96 Å². The van der Waals surface area contributed by atoms with Crippen molar-refractivity contribution in [3.8, 4) is 0 Å². The smallest absolute Gasteiger partial charge is 0.191 e. The Hall–Kier alpha value is -0.820. The standard InChI is InChI=1S/C17H25N3O.HI/c1-13-7-10-20(11-8-13)16(18)19-12-17(21)9-6-14-4-2-3-5-15(14)17;/h2-5,13,21H,6-12H2,1H3,(H2,18,19);1H. The number of likely N-dealkylation sites (tertiary alicyclic amines) is 1. The quantitative estimate of drug-likeness (QED) is 0.443. The molecule has 1 aromatic rings. The van der Waals surface area contributed by atoms with E-state index in [0.29, 0.717) is 12.5 Å². The van der Waals surface area contributed by atoms with Crippen molar-refractivity contribution in [3.63, 3.8) is 0 Å². The number of benzene rings is 1. The van der Waals surface area contributed by atoms with Gasteiger partial charge in [0.05, 0.1) is 6.54 Å². The Labute approximate surface area is 149 Å². The molecule has 2 aliphatic rings. The topological polar surface area (TPSA) is 61.8 Å². The number of halogens is 1. The summed E-state index contributed by atoms with van der Waals surface area (Å²) in [6.07, 6.45) is 4.00. The fourth-order valence-corrected chi connectivity index (χ4v) is 3.38. The van der Waals surface area contributed by atoms with Crippen LogP contribution in [0.4, 0.5) is 0 Å². The maximum Gasteiger partial charge on any atom is 0.191 e. The lowest BCUT2D eigenvalue weighted by Gasteiger charge is -2.31. The zero-order chi connectivity index (χ0) is 14.9. The van der Waals surface area contributed by atoms with Crippen molar-refractivity contribution >= 4 is 29.9 Å². The minimum absolute atomic E-state index is 0. The SMILES string of the molecule is CC1CCN(C(N)=NCC2(O)CCc3ccccc32)CC1.I. The molecule has 1 aliphatic carbocycles. The van der Waals surface area contributed by atoms with Crippen LogP contribution in [0.3, 0.4) is 0 Å². The van der Waals surface area contributed by atoms with Gasteiger partial charge in [0.25, 0.3) is 0 Å². The van der Waals surface area contributed by atoms with Crippen LogP contribution in [0.25, 0.3) is 0 Å². The highest BCUT2D eigenvalue weighted by Crippen LogP contribution is 2.36. The fourth-order valence-electron chi connectivity index (χ4n) is 3.38. The third kappa shape index (κ3) is 3.56. The molecule has 1 atom stereocenters. The Kier molecular flexibility index (Phi) is 5.71. The molecule has 0 aromatic heterocycles. The first kappa shape index (κ1) is 17.5. The number of fused-ring (bicyclic) bond motifs is 1. The van der Waals surface area contributed by atoms with E-state index in [1.807, 2.05) is 18.2 Å². The predicted molar refractivity (Wildman–Crippen MR) is 101 cm³/mol. The summed E-state index contributed by atoms with van der Waals surface area (Å²) < 4.78 is 0. The van der Waals surface area contributed by atoms with E-state index in [2.05, 4.69) is 22.9 Å². The van der Waals surface area contributed by atoms with E-state index in [1.54, 1.807) is 0 Å². The molecular weight excluding hydrogens is 389 g/mol. The highest BCUT2D eigenvalue weighted by Gasteiger charge is 2.36. The Bertz CT molecular complexity index is 540. The summed E-state index contributed by atoms with van der Waals surface area (Å²) in [6.45, 7) is 4.60. The highest BCUT2D eigenvalue weighted by atomic mass is 127. The van der Waals surface area contributed by atoms with Gasteiger partial charge in [-0.2, -0.15) is 0 Å². The van der Waals surface area contributed by atoms with Crippen LogP contribution in [0.5, 0.6) is 0 Å². The summed E-state index contributed by atoms with van der Waals surface area (Å²) in [6, 6.07) is 8.11. The number of aliphatic imine (C=N–C) groups is 1. The fraction of sp³-hybridized carbons (Fsp3) is 0.588. The maximum atomic E-state index is 10.9. The molecule has 3 N–H and O–H groups in total. The summed E-state index contributed by atoms with van der Waals surface area (Å²) in [5, 5.41) is 10.9. The number of guanidine groups is 1.